The molecule has 140 valence electrons. The molecule has 3 nitrogen and oxygen atoms in total. The lowest BCUT2D eigenvalue weighted by Crippen LogP contribution is -2.37. The second-order valence-electron chi connectivity index (χ2n) is 6.60. The third-order valence-corrected chi connectivity index (χ3v) is 5.33. The summed E-state index contributed by atoms with van der Waals surface area (Å²) in [6.07, 6.45) is -0.520. The molecule has 0 bridgehead atoms. The Labute approximate surface area is 165 Å². The Balaban J connectivity index is 1.40. The zero-order valence-corrected chi connectivity index (χ0v) is 16.6. The maximum absolute atomic E-state index is 12.2. The SMILES string of the molecule is Cc1cccc(CSCCNC(=O)C(C)Oc2ccc3ccccc3c2)c1. The quantitative estimate of drug-likeness (QED) is 0.562. The van der Waals surface area contributed by atoms with E-state index in [1.165, 1.54) is 11.1 Å². The van der Waals surface area contributed by atoms with Gasteiger partial charge in [0, 0.05) is 18.1 Å². The molecular formula is C23H25NO2S. The number of benzene rings is 3. The van der Waals surface area contributed by atoms with Crippen molar-refractivity contribution in [3.63, 3.8) is 0 Å². The van der Waals surface area contributed by atoms with E-state index in [-0.39, 0.29) is 5.91 Å². The van der Waals surface area contributed by atoms with E-state index in [2.05, 4.69) is 42.6 Å². The van der Waals surface area contributed by atoms with Gasteiger partial charge in [-0.1, -0.05) is 60.2 Å². The number of rotatable bonds is 8. The van der Waals surface area contributed by atoms with Gasteiger partial charge in [-0.2, -0.15) is 11.8 Å². The van der Waals surface area contributed by atoms with Gasteiger partial charge in [0.2, 0.25) is 0 Å². The van der Waals surface area contributed by atoms with Crippen LogP contribution in [0.5, 0.6) is 5.75 Å². The molecule has 0 saturated carbocycles. The molecule has 0 aliphatic heterocycles. The number of thioether (sulfide) groups is 1. The van der Waals surface area contributed by atoms with Crippen molar-refractivity contribution in [1.82, 2.24) is 5.32 Å². The zero-order chi connectivity index (χ0) is 19.1. The summed E-state index contributed by atoms with van der Waals surface area (Å²) < 4.78 is 5.80. The van der Waals surface area contributed by atoms with Crippen molar-refractivity contribution in [1.29, 1.82) is 0 Å². The van der Waals surface area contributed by atoms with E-state index < -0.39 is 6.10 Å². The van der Waals surface area contributed by atoms with Gasteiger partial charge in [-0.15, -0.1) is 0 Å². The highest BCUT2D eigenvalue weighted by molar-refractivity contribution is 7.98. The Bertz CT molecular complexity index is 910. The van der Waals surface area contributed by atoms with Crippen LogP contribution in [-0.2, 0) is 10.5 Å². The maximum Gasteiger partial charge on any atom is 0.260 e. The van der Waals surface area contributed by atoms with Gasteiger partial charge in [0.15, 0.2) is 6.10 Å². The summed E-state index contributed by atoms with van der Waals surface area (Å²) in [5, 5.41) is 5.22. The number of carbonyl (C=O) groups is 1. The lowest BCUT2D eigenvalue weighted by Gasteiger charge is -2.15. The number of ether oxygens (including phenoxy) is 1. The second-order valence-corrected chi connectivity index (χ2v) is 7.71. The molecule has 3 aromatic carbocycles. The Kier molecular flexibility index (Phi) is 6.77. The number of hydrogen-bond donors (Lipinski definition) is 1. The summed E-state index contributed by atoms with van der Waals surface area (Å²) in [7, 11) is 0. The Morgan fingerprint density at radius 3 is 2.67 bits per heavy atom. The molecule has 0 radical (unpaired) electrons. The van der Waals surface area contributed by atoms with Crippen molar-refractivity contribution in [2.75, 3.05) is 12.3 Å². The molecule has 1 atom stereocenters. The van der Waals surface area contributed by atoms with E-state index in [0.717, 1.165) is 22.3 Å². The van der Waals surface area contributed by atoms with Crippen LogP contribution < -0.4 is 10.1 Å². The summed E-state index contributed by atoms with van der Waals surface area (Å²) in [5.41, 5.74) is 2.60. The van der Waals surface area contributed by atoms with Crippen LogP contribution in [0.25, 0.3) is 10.8 Å². The van der Waals surface area contributed by atoms with E-state index in [9.17, 15) is 4.79 Å². The first kappa shape index (κ1) is 19.3. The smallest absolute Gasteiger partial charge is 0.260 e. The zero-order valence-electron chi connectivity index (χ0n) is 15.8. The molecule has 0 aliphatic rings. The molecule has 27 heavy (non-hydrogen) atoms. The molecular weight excluding hydrogens is 354 g/mol. The normalized spacial score (nSPS) is 11.9. The molecule has 0 aliphatic carbocycles. The maximum atomic E-state index is 12.2. The summed E-state index contributed by atoms with van der Waals surface area (Å²) in [4.78, 5) is 12.2. The number of nitrogens with one attached hydrogen (secondary N) is 1. The van der Waals surface area contributed by atoms with Crippen LogP contribution in [0.2, 0.25) is 0 Å². The molecule has 3 rings (SSSR count). The Morgan fingerprint density at radius 2 is 1.85 bits per heavy atom. The summed E-state index contributed by atoms with van der Waals surface area (Å²) in [6, 6.07) is 22.5. The van der Waals surface area contributed by atoms with Gasteiger partial charge in [-0.05, 0) is 42.3 Å². The first-order valence-corrected chi connectivity index (χ1v) is 10.3. The van der Waals surface area contributed by atoms with Gasteiger partial charge in [0.25, 0.3) is 5.91 Å². The lowest BCUT2D eigenvalue weighted by molar-refractivity contribution is -0.127. The Morgan fingerprint density at radius 1 is 1.04 bits per heavy atom. The lowest BCUT2D eigenvalue weighted by atomic mass is 10.1. The van der Waals surface area contributed by atoms with Crippen LogP contribution in [0.15, 0.2) is 66.7 Å². The summed E-state index contributed by atoms with van der Waals surface area (Å²) in [5.74, 6) is 2.47. The predicted octanol–water partition coefficient (Wildman–Crippen LogP) is 4.97. The van der Waals surface area contributed by atoms with Crippen molar-refractivity contribution in [2.45, 2.75) is 25.7 Å². The van der Waals surface area contributed by atoms with Crippen LogP contribution in [0.3, 0.4) is 0 Å². The fraction of sp³-hybridized carbons (Fsp3) is 0.261. The fourth-order valence-electron chi connectivity index (χ4n) is 2.88. The van der Waals surface area contributed by atoms with Crippen LogP contribution in [-0.4, -0.2) is 24.3 Å². The second kappa shape index (κ2) is 9.47. The summed E-state index contributed by atoms with van der Waals surface area (Å²) in [6.45, 7) is 4.52. The van der Waals surface area contributed by atoms with Crippen molar-refractivity contribution >= 4 is 28.4 Å². The molecule has 3 aromatic rings. The van der Waals surface area contributed by atoms with Crippen LogP contribution in [0.1, 0.15) is 18.1 Å². The van der Waals surface area contributed by atoms with E-state index in [1.54, 1.807) is 6.92 Å². The highest BCUT2D eigenvalue weighted by Gasteiger charge is 2.14. The molecule has 0 aromatic heterocycles. The molecule has 0 heterocycles. The van der Waals surface area contributed by atoms with Gasteiger partial charge in [-0.25, -0.2) is 0 Å². The van der Waals surface area contributed by atoms with Gasteiger partial charge in [0.05, 0.1) is 0 Å². The third kappa shape index (κ3) is 5.76. The van der Waals surface area contributed by atoms with Crippen LogP contribution in [0.4, 0.5) is 0 Å². The standard InChI is InChI=1S/C23H25NO2S/c1-17-6-5-7-19(14-17)16-27-13-12-24-23(25)18(2)26-22-11-10-20-8-3-4-9-21(20)15-22/h3-11,14-15,18H,12-13,16H2,1-2H3,(H,24,25). The first-order valence-electron chi connectivity index (χ1n) is 9.18. The van der Waals surface area contributed by atoms with E-state index >= 15 is 0 Å². The van der Waals surface area contributed by atoms with Gasteiger partial charge < -0.3 is 10.1 Å². The first-order chi connectivity index (χ1) is 13.1. The molecule has 1 unspecified atom stereocenters. The van der Waals surface area contributed by atoms with Gasteiger partial charge in [-0.3, -0.25) is 4.79 Å². The predicted molar refractivity (Wildman–Crippen MR) is 114 cm³/mol. The van der Waals surface area contributed by atoms with Crippen molar-refractivity contribution in [3.05, 3.63) is 77.9 Å². The number of carbonyl (C=O) groups excluding carboxylic acids is 1. The minimum absolute atomic E-state index is 0.0840. The fourth-order valence-corrected chi connectivity index (χ4v) is 3.69. The minimum Gasteiger partial charge on any atom is -0.481 e. The average molecular weight is 380 g/mol. The monoisotopic (exact) mass is 379 g/mol. The molecule has 1 amide bonds. The molecule has 1 N–H and O–H groups in total. The molecule has 4 heteroatoms. The number of hydrogen-bond acceptors (Lipinski definition) is 3. The van der Waals surface area contributed by atoms with E-state index in [4.69, 9.17) is 4.74 Å². The highest BCUT2D eigenvalue weighted by Crippen LogP contribution is 2.21. The molecule has 0 saturated heterocycles. The van der Waals surface area contributed by atoms with Crippen LogP contribution in [0, 0.1) is 6.92 Å². The highest BCUT2D eigenvalue weighted by atomic mass is 32.2. The Hall–Kier alpha value is -2.46. The molecule has 0 fully saturated rings. The number of aryl methyl sites for hydroxylation is 1. The number of amides is 1. The van der Waals surface area contributed by atoms with E-state index in [0.29, 0.717) is 12.3 Å². The average Bonchev–Trinajstić information content (AvgIpc) is 2.67. The largest absolute Gasteiger partial charge is 0.481 e. The topological polar surface area (TPSA) is 38.3 Å². The van der Waals surface area contributed by atoms with E-state index in [1.807, 2.05) is 48.2 Å². The third-order valence-electron chi connectivity index (χ3n) is 4.30. The van der Waals surface area contributed by atoms with Crippen molar-refractivity contribution < 1.29 is 9.53 Å². The van der Waals surface area contributed by atoms with Crippen molar-refractivity contribution in [3.8, 4) is 5.75 Å². The minimum atomic E-state index is -0.520. The molecule has 0 spiro atoms. The van der Waals surface area contributed by atoms with Gasteiger partial charge in [0.1, 0.15) is 5.75 Å². The van der Waals surface area contributed by atoms with Crippen LogP contribution >= 0.6 is 11.8 Å². The number of fused-ring (bicyclic) bond motifs is 1. The van der Waals surface area contributed by atoms with Crippen molar-refractivity contribution in [2.24, 2.45) is 0 Å². The van der Waals surface area contributed by atoms with Gasteiger partial charge >= 0.3 is 0 Å². The summed E-state index contributed by atoms with van der Waals surface area (Å²) >= 11 is 1.82.